The first-order valence-corrected chi connectivity index (χ1v) is 9.63. The molecule has 146 valence electrons. The predicted octanol–water partition coefficient (Wildman–Crippen LogP) is 2.53. The van der Waals surface area contributed by atoms with Crippen LogP contribution in [0.4, 0.5) is 5.69 Å². The number of benzene rings is 1. The first-order chi connectivity index (χ1) is 12.9. The number of aliphatic hydroxyl groups excluding tert-OH is 1. The van der Waals surface area contributed by atoms with Crippen LogP contribution in [0.3, 0.4) is 0 Å². The molecular formula is C21H29N3O3. The fourth-order valence-electron chi connectivity index (χ4n) is 3.87. The molecule has 2 heterocycles. The van der Waals surface area contributed by atoms with Crippen molar-refractivity contribution < 1.29 is 14.6 Å². The number of aryl methyl sites for hydroxylation is 2. The highest BCUT2D eigenvalue weighted by molar-refractivity contribution is 6.06. The molecule has 0 spiro atoms. The van der Waals surface area contributed by atoms with Gasteiger partial charge in [-0.2, -0.15) is 0 Å². The van der Waals surface area contributed by atoms with Crippen LogP contribution in [0.25, 0.3) is 10.9 Å². The summed E-state index contributed by atoms with van der Waals surface area (Å²) in [6.45, 7) is 12.0. The lowest BCUT2D eigenvalue weighted by Gasteiger charge is -2.37. The lowest BCUT2D eigenvalue weighted by molar-refractivity contribution is 0.0526. The number of esters is 1. The van der Waals surface area contributed by atoms with Gasteiger partial charge in [0.1, 0.15) is 5.56 Å². The minimum absolute atomic E-state index is 0.326. The van der Waals surface area contributed by atoms with E-state index in [4.69, 9.17) is 4.74 Å². The Hall–Kier alpha value is -2.18. The average molecular weight is 371 g/mol. The third-order valence-corrected chi connectivity index (χ3v) is 4.98. The van der Waals surface area contributed by atoms with E-state index in [0.29, 0.717) is 18.7 Å². The molecule has 1 aliphatic rings. The number of rotatable bonds is 5. The van der Waals surface area contributed by atoms with Gasteiger partial charge < -0.3 is 14.7 Å². The van der Waals surface area contributed by atoms with Crippen LogP contribution in [0.2, 0.25) is 0 Å². The quantitative estimate of drug-likeness (QED) is 0.815. The molecule has 1 aliphatic heterocycles. The molecule has 0 saturated carbocycles. The second-order valence-electron chi connectivity index (χ2n) is 7.36. The van der Waals surface area contributed by atoms with Gasteiger partial charge in [0.2, 0.25) is 0 Å². The van der Waals surface area contributed by atoms with Crippen molar-refractivity contribution in [3.8, 4) is 0 Å². The zero-order valence-electron chi connectivity index (χ0n) is 16.7. The summed E-state index contributed by atoms with van der Waals surface area (Å²) in [6.07, 6.45) is 1.32. The number of pyridine rings is 1. The molecule has 1 saturated heterocycles. The fraction of sp³-hybridized carbons (Fsp3) is 0.524. The maximum atomic E-state index is 12.6. The molecule has 0 bridgehead atoms. The van der Waals surface area contributed by atoms with Crippen LogP contribution in [0.15, 0.2) is 18.3 Å². The van der Waals surface area contributed by atoms with Crippen molar-refractivity contribution in [2.24, 2.45) is 0 Å². The van der Waals surface area contributed by atoms with Crippen LogP contribution < -0.4 is 4.90 Å². The zero-order chi connectivity index (χ0) is 19.6. The lowest BCUT2D eigenvalue weighted by Crippen LogP contribution is -2.48. The van der Waals surface area contributed by atoms with E-state index in [9.17, 15) is 9.90 Å². The highest BCUT2D eigenvalue weighted by Gasteiger charge is 2.25. The summed E-state index contributed by atoms with van der Waals surface area (Å²) in [7, 11) is 0. The Morgan fingerprint density at radius 1 is 1.26 bits per heavy atom. The number of nitrogens with zero attached hydrogens (tertiary/aromatic N) is 3. The topological polar surface area (TPSA) is 65.9 Å². The van der Waals surface area contributed by atoms with Crippen molar-refractivity contribution in [1.29, 1.82) is 0 Å². The molecule has 2 aromatic rings. The van der Waals surface area contributed by atoms with Crippen LogP contribution >= 0.6 is 0 Å². The Balaban J connectivity index is 2.03. The highest BCUT2D eigenvalue weighted by Crippen LogP contribution is 2.33. The summed E-state index contributed by atoms with van der Waals surface area (Å²) in [5, 5.41) is 10.6. The molecule has 0 amide bonds. The molecule has 3 rings (SSSR count). The Bertz CT molecular complexity index is 827. The Kier molecular flexibility index (Phi) is 5.97. The highest BCUT2D eigenvalue weighted by atomic mass is 16.5. The maximum Gasteiger partial charge on any atom is 0.341 e. The number of β-amino-alcohol motifs (C(OH)–C–C–N with tert-alkyl or cyclic N) is 1. The summed E-state index contributed by atoms with van der Waals surface area (Å²) >= 11 is 0. The Morgan fingerprint density at radius 2 is 1.96 bits per heavy atom. The van der Waals surface area contributed by atoms with Crippen LogP contribution in [0, 0.1) is 13.8 Å². The average Bonchev–Trinajstić information content (AvgIpc) is 2.61. The van der Waals surface area contributed by atoms with Gasteiger partial charge in [0, 0.05) is 44.3 Å². The van der Waals surface area contributed by atoms with Gasteiger partial charge in [0.15, 0.2) is 0 Å². The van der Waals surface area contributed by atoms with Crippen LogP contribution in [-0.2, 0) is 4.74 Å². The van der Waals surface area contributed by atoms with Gasteiger partial charge in [0.05, 0.1) is 23.9 Å². The van der Waals surface area contributed by atoms with Gasteiger partial charge in [-0.15, -0.1) is 0 Å². The van der Waals surface area contributed by atoms with E-state index in [1.54, 1.807) is 6.20 Å². The van der Waals surface area contributed by atoms with Gasteiger partial charge in [-0.3, -0.25) is 9.88 Å². The number of hydrogen-bond acceptors (Lipinski definition) is 6. The summed E-state index contributed by atoms with van der Waals surface area (Å²) in [6, 6.07) is 4.22. The molecule has 6 nitrogen and oxygen atoms in total. The zero-order valence-corrected chi connectivity index (χ0v) is 16.7. The van der Waals surface area contributed by atoms with Gasteiger partial charge in [0.25, 0.3) is 0 Å². The molecule has 0 unspecified atom stereocenters. The van der Waals surface area contributed by atoms with Gasteiger partial charge in [-0.05, 0) is 39.3 Å². The van der Waals surface area contributed by atoms with Crippen molar-refractivity contribution in [2.45, 2.75) is 33.8 Å². The van der Waals surface area contributed by atoms with Gasteiger partial charge in [-0.25, -0.2) is 4.79 Å². The number of ether oxygens (including phenoxy) is 1. The van der Waals surface area contributed by atoms with Crippen molar-refractivity contribution in [2.75, 3.05) is 44.2 Å². The normalized spacial score (nSPS) is 16.6. The lowest BCUT2D eigenvalue weighted by atomic mass is 10.0. The molecule has 0 aliphatic carbocycles. The smallest absolute Gasteiger partial charge is 0.341 e. The van der Waals surface area contributed by atoms with Crippen molar-refractivity contribution in [3.63, 3.8) is 0 Å². The fourth-order valence-corrected chi connectivity index (χ4v) is 3.87. The Morgan fingerprint density at radius 3 is 2.59 bits per heavy atom. The van der Waals surface area contributed by atoms with E-state index in [0.717, 1.165) is 53.9 Å². The third kappa shape index (κ3) is 4.22. The molecule has 27 heavy (non-hydrogen) atoms. The van der Waals surface area contributed by atoms with Crippen molar-refractivity contribution in [3.05, 3.63) is 35.0 Å². The van der Waals surface area contributed by atoms with Crippen LogP contribution in [-0.4, -0.2) is 66.4 Å². The predicted molar refractivity (Wildman–Crippen MR) is 108 cm³/mol. The Labute approximate surface area is 160 Å². The number of carbonyl (C=O) groups excluding carboxylic acids is 1. The summed E-state index contributed by atoms with van der Waals surface area (Å²) in [5.74, 6) is -0.326. The number of carbonyl (C=O) groups is 1. The molecule has 0 radical (unpaired) electrons. The van der Waals surface area contributed by atoms with Gasteiger partial charge in [-0.1, -0.05) is 11.6 Å². The van der Waals surface area contributed by atoms with E-state index in [-0.39, 0.29) is 12.1 Å². The standard InChI is InChI=1S/C21H29N3O3/c1-5-27-21(26)18-12-22-19-15(3)10-14(2)11-17(19)20(18)24-8-6-23(7-9-24)13-16(4)25/h10-12,16,25H,5-9,13H2,1-4H3/t16-/m1/s1. The molecule has 1 atom stereocenters. The summed E-state index contributed by atoms with van der Waals surface area (Å²) < 4.78 is 5.29. The first kappa shape index (κ1) is 19.6. The SMILES string of the molecule is CCOC(=O)c1cnc2c(C)cc(C)cc2c1N1CCN(C[C@@H](C)O)CC1. The van der Waals surface area contributed by atoms with E-state index >= 15 is 0 Å². The van der Waals surface area contributed by atoms with E-state index in [1.807, 2.05) is 13.8 Å². The molecule has 1 fully saturated rings. The number of hydrogen-bond donors (Lipinski definition) is 1. The molecule has 1 N–H and O–H groups in total. The van der Waals surface area contributed by atoms with Crippen LogP contribution in [0.1, 0.15) is 35.3 Å². The molecule has 1 aromatic carbocycles. The van der Waals surface area contributed by atoms with Crippen LogP contribution in [0.5, 0.6) is 0 Å². The van der Waals surface area contributed by atoms with Crippen molar-refractivity contribution >= 4 is 22.6 Å². The summed E-state index contributed by atoms with van der Waals surface area (Å²) in [5.41, 5.74) is 4.63. The van der Waals surface area contributed by atoms with Crippen molar-refractivity contribution in [1.82, 2.24) is 9.88 Å². The number of aliphatic hydroxyl groups is 1. The molecule has 1 aromatic heterocycles. The van der Waals surface area contributed by atoms with Gasteiger partial charge >= 0.3 is 5.97 Å². The number of anilines is 1. The second kappa shape index (κ2) is 8.23. The maximum absolute atomic E-state index is 12.6. The van der Waals surface area contributed by atoms with E-state index in [1.165, 1.54) is 0 Å². The minimum Gasteiger partial charge on any atom is -0.462 e. The number of aromatic nitrogens is 1. The third-order valence-electron chi connectivity index (χ3n) is 4.98. The second-order valence-corrected chi connectivity index (χ2v) is 7.36. The number of piperazine rings is 1. The molecule has 6 heteroatoms. The minimum atomic E-state index is -0.335. The largest absolute Gasteiger partial charge is 0.462 e. The molecular weight excluding hydrogens is 342 g/mol. The number of fused-ring (bicyclic) bond motifs is 1. The monoisotopic (exact) mass is 371 g/mol. The summed E-state index contributed by atoms with van der Waals surface area (Å²) in [4.78, 5) is 21.7. The first-order valence-electron chi connectivity index (χ1n) is 9.63. The van der Waals surface area contributed by atoms with E-state index < -0.39 is 0 Å². The van der Waals surface area contributed by atoms with E-state index in [2.05, 4.69) is 40.8 Å².